The van der Waals surface area contributed by atoms with Gasteiger partial charge in [-0.15, -0.1) is 0 Å². The number of halogens is 2. The fraction of sp³-hybridized carbons (Fsp3) is 0. The van der Waals surface area contributed by atoms with Gasteiger partial charge in [-0.1, -0.05) is 23.2 Å². The third-order valence-corrected chi connectivity index (χ3v) is 3.44. The minimum atomic E-state index is -0.0426. The van der Waals surface area contributed by atoms with Crippen molar-refractivity contribution in [3.05, 3.63) is 76.0 Å². The van der Waals surface area contributed by atoms with Gasteiger partial charge in [-0.25, -0.2) is 0 Å². The molecule has 2 heterocycles. The van der Waals surface area contributed by atoms with Gasteiger partial charge in [0.1, 0.15) is 0 Å². The molecular formula is C15H9Cl2NO. The Labute approximate surface area is 120 Å². The number of rotatable bonds is 2. The van der Waals surface area contributed by atoms with Crippen LogP contribution in [0.4, 0.5) is 0 Å². The molecule has 4 heteroatoms. The standard InChI is InChI=1S/C15H9Cl2NO/c16-11-3-1-10(2-4-11)15(19)14-6-5-13-9-12(17)7-8-18(13)14/h1-9H. The molecular weight excluding hydrogens is 281 g/mol. The lowest BCUT2D eigenvalue weighted by Gasteiger charge is -2.03. The second kappa shape index (κ2) is 4.72. The minimum Gasteiger partial charge on any atom is -0.314 e. The Balaban J connectivity index is 2.09. The summed E-state index contributed by atoms with van der Waals surface area (Å²) in [6.07, 6.45) is 1.79. The molecule has 3 rings (SSSR count). The van der Waals surface area contributed by atoms with Crippen LogP contribution in [0.25, 0.3) is 5.52 Å². The van der Waals surface area contributed by atoms with Crippen molar-refractivity contribution in [2.75, 3.05) is 0 Å². The zero-order chi connectivity index (χ0) is 13.4. The van der Waals surface area contributed by atoms with Gasteiger partial charge in [-0.05, 0) is 48.5 Å². The number of aromatic nitrogens is 1. The molecule has 0 spiro atoms. The highest BCUT2D eigenvalue weighted by Gasteiger charge is 2.13. The van der Waals surface area contributed by atoms with Crippen LogP contribution < -0.4 is 0 Å². The van der Waals surface area contributed by atoms with E-state index in [4.69, 9.17) is 23.2 Å². The Morgan fingerprint density at radius 3 is 2.37 bits per heavy atom. The summed E-state index contributed by atoms with van der Waals surface area (Å²) in [5.41, 5.74) is 2.11. The van der Waals surface area contributed by atoms with Gasteiger partial charge in [0, 0.05) is 27.3 Å². The highest BCUT2D eigenvalue weighted by molar-refractivity contribution is 6.31. The van der Waals surface area contributed by atoms with E-state index in [1.165, 1.54) is 0 Å². The molecule has 0 fully saturated rings. The molecule has 0 radical (unpaired) electrons. The van der Waals surface area contributed by atoms with E-state index >= 15 is 0 Å². The van der Waals surface area contributed by atoms with Gasteiger partial charge in [0.05, 0.1) is 5.69 Å². The number of hydrogen-bond donors (Lipinski definition) is 0. The maximum absolute atomic E-state index is 12.4. The van der Waals surface area contributed by atoms with Crippen LogP contribution in [-0.4, -0.2) is 10.2 Å². The zero-order valence-electron chi connectivity index (χ0n) is 9.81. The van der Waals surface area contributed by atoms with Gasteiger partial charge in [-0.3, -0.25) is 4.79 Å². The number of carbonyl (C=O) groups is 1. The number of nitrogens with zero attached hydrogens (tertiary/aromatic N) is 1. The first-order chi connectivity index (χ1) is 9.15. The van der Waals surface area contributed by atoms with Crippen LogP contribution in [0.15, 0.2) is 54.7 Å². The Morgan fingerprint density at radius 1 is 0.895 bits per heavy atom. The highest BCUT2D eigenvalue weighted by atomic mass is 35.5. The predicted molar refractivity (Wildman–Crippen MR) is 77.3 cm³/mol. The van der Waals surface area contributed by atoms with Crippen molar-refractivity contribution in [1.82, 2.24) is 4.40 Å². The van der Waals surface area contributed by atoms with E-state index in [9.17, 15) is 4.79 Å². The maximum atomic E-state index is 12.4. The first-order valence-corrected chi connectivity index (χ1v) is 6.47. The molecule has 1 aromatic carbocycles. The van der Waals surface area contributed by atoms with Crippen molar-refractivity contribution in [2.24, 2.45) is 0 Å². The van der Waals surface area contributed by atoms with Crippen molar-refractivity contribution in [2.45, 2.75) is 0 Å². The fourth-order valence-corrected chi connectivity index (χ4v) is 2.31. The Kier molecular flexibility index (Phi) is 3.05. The monoisotopic (exact) mass is 289 g/mol. The van der Waals surface area contributed by atoms with Crippen LogP contribution in [0.3, 0.4) is 0 Å². The van der Waals surface area contributed by atoms with Gasteiger partial charge < -0.3 is 4.40 Å². The van der Waals surface area contributed by atoms with Crippen molar-refractivity contribution in [1.29, 1.82) is 0 Å². The summed E-state index contributed by atoms with van der Waals surface area (Å²) < 4.78 is 1.82. The molecule has 0 bridgehead atoms. The van der Waals surface area contributed by atoms with Crippen LogP contribution in [0.2, 0.25) is 10.0 Å². The Hall–Kier alpha value is -1.77. The summed E-state index contributed by atoms with van der Waals surface area (Å²) in [5, 5.41) is 1.26. The summed E-state index contributed by atoms with van der Waals surface area (Å²) in [4.78, 5) is 12.4. The molecule has 0 saturated heterocycles. The third kappa shape index (κ3) is 2.25. The van der Waals surface area contributed by atoms with Crippen molar-refractivity contribution in [3.8, 4) is 0 Å². The molecule has 3 aromatic rings. The van der Waals surface area contributed by atoms with Gasteiger partial charge >= 0.3 is 0 Å². The van der Waals surface area contributed by atoms with Gasteiger partial charge in [-0.2, -0.15) is 0 Å². The molecule has 0 aliphatic heterocycles. The quantitative estimate of drug-likeness (QED) is 0.638. The number of fused-ring (bicyclic) bond motifs is 1. The molecule has 94 valence electrons. The van der Waals surface area contributed by atoms with E-state index in [-0.39, 0.29) is 5.78 Å². The van der Waals surface area contributed by atoms with E-state index in [2.05, 4.69) is 0 Å². The Morgan fingerprint density at radius 2 is 1.63 bits per heavy atom. The van der Waals surface area contributed by atoms with E-state index in [0.717, 1.165) is 5.52 Å². The van der Waals surface area contributed by atoms with E-state index in [0.29, 0.717) is 21.3 Å². The first-order valence-electron chi connectivity index (χ1n) is 5.72. The second-order valence-electron chi connectivity index (χ2n) is 4.19. The van der Waals surface area contributed by atoms with Crippen LogP contribution in [0.1, 0.15) is 16.1 Å². The highest BCUT2D eigenvalue weighted by Crippen LogP contribution is 2.19. The van der Waals surface area contributed by atoms with E-state index in [1.54, 1.807) is 42.6 Å². The molecule has 2 aromatic heterocycles. The molecule has 0 unspecified atom stereocenters. The fourth-order valence-electron chi connectivity index (χ4n) is 2.02. The number of benzene rings is 1. The largest absolute Gasteiger partial charge is 0.314 e. The smallest absolute Gasteiger partial charge is 0.209 e. The lowest BCUT2D eigenvalue weighted by Crippen LogP contribution is -2.04. The summed E-state index contributed by atoms with van der Waals surface area (Å²) >= 11 is 11.8. The molecule has 19 heavy (non-hydrogen) atoms. The van der Waals surface area contributed by atoms with Crippen LogP contribution >= 0.6 is 23.2 Å². The molecule has 0 saturated carbocycles. The number of hydrogen-bond acceptors (Lipinski definition) is 1. The lowest BCUT2D eigenvalue weighted by atomic mass is 10.1. The van der Waals surface area contributed by atoms with Gasteiger partial charge in [0.25, 0.3) is 0 Å². The van der Waals surface area contributed by atoms with Crippen LogP contribution in [0.5, 0.6) is 0 Å². The lowest BCUT2D eigenvalue weighted by molar-refractivity contribution is 0.103. The summed E-state index contributed by atoms with van der Waals surface area (Å²) in [7, 11) is 0. The minimum absolute atomic E-state index is 0.0426. The van der Waals surface area contributed by atoms with Crippen molar-refractivity contribution >= 4 is 34.5 Å². The second-order valence-corrected chi connectivity index (χ2v) is 5.07. The van der Waals surface area contributed by atoms with Gasteiger partial charge in [0.15, 0.2) is 0 Å². The van der Waals surface area contributed by atoms with E-state index < -0.39 is 0 Å². The van der Waals surface area contributed by atoms with Gasteiger partial charge in [0.2, 0.25) is 5.78 Å². The molecule has 0 N–H and O–H groups in total. The van der Waals surface area contributed by atoms with Crippen molar-refractivity contribution < 1.29 is 4.79 Å². The summed E-state index contributed by atoms with van der Waals surface area (Å²) in [6, 6.07) is 14.1. The number of pyridine rings is 1. The zero-order valence-corrected chi connectivity index (χ0v) is 11.3. The molecule has 0 aliphatic rings. The molecule has 0 atom stereocenters. The SMILES string of the molecule is O=C(c1ccc(Cl)cc1)c1ccc2cc(Cl)ccn12. The molecule has 2 nitrogen and oxygen atoms in total. The maximum Gasteiger partial charge on any atom is 0.209 e. The average molecular weight is 290 g/mol. The summed E-state index contributed by atoms with van der Waals surface area (Å²) in [6.45, 7) is 0. The third-order valence-electron chi connectivity index (χ3n) is 2.96. The molecule has 0 aliphatic carbocycles. The Bertz CT molecular complexity index is 759. The van der Waals surface area contributed by atoms with Crippen LogP contribution in [-0.2, 0) is 0 Å². The number of carbonyl (C=O) groups excluding carboxylic acids is 1. The summed E-state index contributed by atoms with van der Waals surface area (Å²) in [5.74, 6) is -0.0426. The van der Waals surface area contributed by atoms with E-state index in [1.807, 2.05) is 16.5 Å². The first kappa shape index (κ1) is 12.3. The number of ketones is 1. The normalized spacial score (nSPS) is 10.8. The molecule has 0 amide bonds. The topological polar surface area (TPSA) is 21.5 Å². The average Bonchev–Trinajstić information content (AvgIpc) is 2.81. The van der Waals surface area contributed by atoms with Crippen molar-refractivity contribution in [3.63, 3.8) is 0 Å². The predicted octanol–water partition coefficient (Wildman–Crippen LogP) is 4.48. The van der Waals surface area contributed by atoms with Crippen LogP contribution in [0, 0.1) is 0 Å².